The minimum absolute atomic E-state index is 0.109. The van der Waals surface area contributed by atoms with Crippen LogP contribution in [0.1, 0.15) is 50.2 Å². The van der Waals surface area contributed by atoms with Crippen LogP contribution in [0.4, 0.5) is 0 Å². The Hall–Kier alpha value is -2.53. The van der Waals surface area contributed by atoms with Crippen LogP contribution in [0.2, 0.25) is 0 Å². The van der Waals surface area contributed by atoms with E-state index in [2.05, 4.69) is 17.1 Å². The van der Waals surface area contributed by atoms with E-state index < -0.39 is 12.1 Å². The maximum absolute atomic E-state index is 12.5. The summed E-state index contributed by atoms with van der Waals surface area (Å²) < 4.78 is 16.2. The van der Waals surface area contributed by atoms with E-state index in [1.807, 2.05) is 26.8 Å². The first kappa shape index (κ1) is 20.8. The fourth-order valence-electron chi connectivity index (χ4n) is 2.29. The van der Waals surface area contributed by atoms with Crippen molar-refractivity contribution in [3.8, 4) is 11.8 Å². The van der Waals surface area contributed by atoms with Gasteiger partial charge in [0.15, 0.2) is 18.5 Å². The van der Waals surface area contributed by atoms with Crippen LogP contribution in [0.5, 0.6) is 5.75 Å². The van der Waals surface area contributed by atoms with E-state index in [0.717, 1.165) is 5.75 Å². The lowest BCUT2D eigenvalue weighted by Crippen LogP contribution is -2.34. The monoisotopic (exact) mass is 389 g/mol. The van der Waals surface area contributed by atoms with Crippen molar-refractivity contribution >= 4 is 17.7 Å². The number of benzene rings is 1. The normalized spacial score (nSPS) is 13.0. The number of carbonyl (C=O) groups is 1. The topological polar surface area (TPSA) is 98.2 Å². The molecule has 7 nitrogen and oxygen atoms in total. The number of para-hydroxylation sites is 1. The van der Waals surface area contributed by atoms with Crippen LogP contribution in [0, 0.1) is 17.2 Å². The summed E-state index contributed by atoms with van der Waals surface area (Å²) in [6.45, 7) is 7.61. The van der Waals surface area contributed by atoms with Gasteiger partial charge in [0, 0.05) is 5.92 Å². The standard InChI is InChI=1S/C19H23N3O4S/c1-5-27-13(4)18-21-16(26-22-18)11-24-19(23)17(12(2)3)25-15-9-7-6-8-14(15)10-20/h6-9,12-13,17H,5,11H2,1-4H3. The summed E-state index contributed by atoms with van der Waals surface area (Å²) in [4.78, 5) is 16.7. The van der Waals surface area contributed by atoms with Crippen molar-refractivity contribution in [2.24, 2.45) is 5.92 Å². The largest absolute Gasteiger partial charge is 0.477 e. The smallest absolute Gasteiger partial charge is 0.348 e. The van der Waals surface area contributed by atoms with Crippen LogP contribution in [-0.2, 0) is 16.1 Å². The predicted molar refractivity (Wildman–Crippen MR) is 101 cm³/mol. The van der Waals surface area contributed by atoms with Gasteiger partial charge in [0.1, 0.15) is 11.8 Å². The number of nitrogens with zero attached hydrogens (tertiary/aromatic N) is 3. The summed E-state index contributed by atoms with van der Waals surface area (Å²) in [6.07, 6.45) is -0.850. The number of rotatable bonds is 9. The highest BCUT2D eigenvalue weighted by molar-refractivity contribution is 7.99. The van der Waals surface area contributed by atoms with Crippen LogP contribution in [0.3, 0.4) is 0 Å². The fraction of sp³-hybridized carbons (Fsp3) is 0.474. The molecule has 1 aromatic carbocycles. The second-order valence-electron chi connectivity index (χ2n) is 6.14. The van der Waals surface area contributed by atoms with Gasteiger partial charge in [-0.3, -0.25) is 0 Å². The summed E-state index contributed by atoms with van der Waals surface area (Å²) in [7, 11) is 0. The number of carbonyl (C=O) groups excluding carboxylic acids is 1. The summed E-state index contributed by atoms with van der Waals surface area (Å²) in [5, 5.41) is 13.2. The maximum atomic E-state index is 12.5. The Morgan fingerprint density at radius 3 is 2.74 bits per heavy atom. The molecule has 0 aliphatic heterocycles. The fourth-order valence-corrected chi connectivity index (χ4v) is 3.03. The average molecular weight is 389 g/mol. The highest BCUT2D eigenvalue weighted by Gasteiger charge is 2.27. The number of esters is 1. The molecule has 0 saturated heterocycles. The second kappa shape index (κ2) is 9.97. The van der Waals surface area contributed by atoms with Gasteiger partial charge in [0.2, 0.25) is 0 Å². The minimum Gasteiger partial charge on any atom is -0.477 e. The van der Waals surface area contributed by atoms with Crippen molar-refractivity contribution in [3.63, 3.8) is 0 Å². The van der Waals surface area contributed by atoms with Crippen molar-refractivity contribution in [2.75, 3.05) is 5.75 Å². The average Bonchev–Trinajstić information content (AvgIpc) is 3.13. The molecule has 1 aromatic heterocycles. The Morgan fingerprint density at radius 1 is 1.33 bits per heavy atom. The molecule has 2 atom stereocenters. The van der Waals surface area contributed by atoms with Crippen LogP contribution in [-0.4, -0.2) is 28.0 Å². The molecule has 0 fully saturated rings. The van der Waals surface area contributed by atoms with Gasteiger partial charge in [0.25, 0.3) is 5.89 Å². The van der Waals surface area contributed by atoms with E-state index in [4.69, 9.17) is 14.0 Å². The number of nitriles is 1. The Morgan fingerprint density at radius 2 is 2.07 bits per heavy atom. The highest BCUT2D eigenvalue weighted by Crippen LogP contribution is 2.25. The Bertz CT molecular complexity index is 800. The molecule has 144 valence electrons. The van der Waals surface area contributed by atoms with Gasteiger partial charge in [-0.25, -0.2) is 4.79 Å². The summed E-state index contributed by atoms with van der Waals surface area (Å²) in [5.74, 6) is 1.41. The Kier molecular flexibility index (Phi) is 7.67. The van der Waals surface area contributed by atoms with Crippen LogP contribution < -0.4 is 4.74 Å². The molecule has 0 radical (unpaired) electrons. The highest BCUT2D eigenvalue weighted by atomic mass is 32.2. The van der Waals surface area contributed by atoms with Gasteiger partial charge in [-0.15, -0.1) is 0 Å². The third-order valence-corrected chi connectivity index (χ3v) is 4.75. The zero-order chi connectivity index (χ0) is 19.8. The first-order chi connectivity index (χ1) is 13.0. The van der Waals surface area contributed by atoms with Gasteiger partial charge < -0.3 is 14.0 Å². The molecule has 0 spiro atoms. The zero-order valence-electron chi connectivity index (χ0n) is 15.8. The van der Waals surface area contributed by atoms with Crippen molar-refractivity contribution < 1.29 is 18.8 Å². The van der Waals surface area contributed by atoms with E-state index in [1.54, 1.807) is 36.0 Å². The van der Waals surface area contributed by atoms with E-state index in [-0.39, 0.29) is 23.7 Å². The number of hydrogen-bond donors (Lipinski definition) is 0. The lowest BCUT2D eigenvalue weighted by atomic mass is 10.1. The Balaban J connectivity index is 2.00. The third-order valence-electron chi connectivity index (χ3n) is 3.70. The van der Waals surface area contributed by atoms with E-state index in [0.29, 0.717) is 17.1 Å². The van der Waals surface area contributed by atoms with Crippen molar-refractivity contribution in [1.29, 1.82) is 5.26 Å². The second-order valence-corrected chi connectivity index (χ2v) is 7.76. The van der Waals surface area contributed by atoms with Gasteiger partial charge >= 0.3 is 5.97 Å². The lowest BCUT2D eigenvalue weighted by Gasteiger charge is -2.21. The van der Waals surface area contributed by atoms with Gasteiger partial charge in [0.05, 0.1) is 10.8 Å². The number of thioether (sulfide) groups is 1. The third kappa shape index (κ3) is 5.73. The minimum atomic E-state index is -0.850. The van der Waals surface area contributed by atoms with Crippen molar-refractivity contribution in [3.05, 3.63) is 41.5 Å². The summed E-state index contributed by atoms with van der Waals surface area (Å²) >= 11 is 1.70. The molecule has 2 unspecified atom stereocenters. The van der Waals surface area contributed by atoms with Gasteiger partial charge in [-0.05, 0) is 24.8 Å². The molecule has 8 heteroatoms. The van der Waals surface area contributed by atoms with E-state index >= 15 is 0 Å². The van der Waals surface area contributed by atoms with Crippen molar-refractivity contribution in [1.82, 2.24) is 10.1 Å². The number of aromatic nitrogens is 2. The van der Waals surface area contributed by atoms with Crippen molar-refractivity contribution in [2.45, 2.75) is 45.7 Å². The lowest BCUT2D eigenvalue weighted by molar-refractivity contribution is -0.156. The molecule has 2 aromatic rings. The number of ether oxygens (including phenoxy) is 2. The van der Waals surface area contributed by atoms with E-state index in [9.17, 15) is 10.1 Å². The summed E-state index contributed by atoms with van der Waals surface area (Å²) in [5.41, 5.74) is 0.361. The molecule has 0 N–H and O–H groups in total. The SMILES string of the molecule is CCSC(C)c1noc(COC(=O)C(Oc2ccccc2C#N)C(C)C)n1. The molecule has 2 rings (SSSR count). The first-order valence-electron chi connectivity index (χ1n) is 8.72. The molecule has 0 aliphatic rings. The van der Waals surface area contributed by atoms with Crippen LogP contribution in [0.15, 0.2) is 28.8 Å². The summed E-state index contributed by atoms with van der Waals surface area (Å²) in [6, 6.07) is 8.81. The predicted octanol–water partition coefficient (Wildman–Crippen LogP) is 3.90. The van der Waals surface area contributed by atoms with Gasteiger partial charge in [-0.2, -0.15) is 22.0 Å². The van der Waals surface area contributed by atoms with Crippen LogP contribution >= 0.6 is 11.8 Å². The zero-order valence-corrected chi connectivity index (χ0v) is 16.7. The maximum Gasteiger partial charge on any atom is 0.348 e. The van der Waals surface area contributed by atoms with Gasteiger partial charge in [-0.1, -0.05) is 38.1 Å². The van der Waals surface area contributed by atoms with E-state index in [1.165, 1.54) is 0 Å². The van der Waals surface area contributed by atoms with Crippen LogP contribution in [0.25, 0.3) is 0 Å². The Labute approximate surface area is 163 Å². The first-order valence-corrected chi connectivity index (χ1v) is 9.77. The molecular formula is C19H23N3O4S. The quantitative estimate of drug-likeness (QED) is 0.596. The molecular weight excluding hydrogens is 366 g/mol. The molecule has 1 heterocycles. The molecule has 0 saturated carbocycles. The number of hydrogen-bond acceptors (Lipinski definition) is 8. The molecule has 0 bridgehead atoms. The molecule has 0 amide bonds. The molecule has 0 aliphatic carbocycles. The molecule has 27 heavy (non-hydrogen) atoms.